The summed E-state index contributed by atoms with van der Waals surface area (Å²) in [6.07, 6.45) is -8.35. The molecule has 3 rings (SSSR count). The lowest BCUT2D eigenvalue weighted by atomic mass is 9.96. The molecule has 1 heterocycles. The van der Waals surface area contributed by atoms with Crippen molar-refractivity contribution in [2.24, 2.45) is 0 Å². The maximum absolute atomic E-state index is 14.0. The van der Waals surface area contributed by atoms with Crippen molar-refractivity contribution >= 4 is 11.6 Å². The van der Waals surface area contributed by atoms with E-state index in [-0.39, 0.29) is 29.6 Å². The minimum atomic E-state index is -1.62. The fraction of sp³-hybridized carbons (Fsp3) is 0.455. The zero-order valence-corrected chi connectivity index (χ0v) is 17.8. The monoisotopic (exact) mass is 456 g/mol. The van der Waals surface area contributed by atoms with E-state index in [2.05, 4.69) is 0 Å². The Labute approximate surface area is 184 Å². The summed E-state index contributed by atoms with van der Waals surface area (Å²) in [6.45, 7) is 2.69. The van der Waals surface area contributed by atoms with Gasteiger partial charge in [0, 0.05) is 17.0 Å². The van der Waals surface area contributed by atoms with E-state index in [1.54, 1.807) is 25.1 Å². The van der Waals surface area contributed by atoms with Crippen molar-refractivity contribution in [3.8, 4) is 5.75 Å². The number of benzene rings is 2. The Morgan fingerprint density at radius 2 is 1.81 bits per heavy atom. The van der Waals surface area contributed by atoms with Gasteiger partial charge in [-0.25, -0.2) is 4.39 Å². The molecular weight excluding hydrogens is 431 g/mol. The van der Waals surface area contributed by atoms with Gasteiger partial charge in [-0.05, 0) is 48.7 Å². The number of hydrogen-bond acceptors (Lipinski definition) is 7. The first kappa shape index (κ1) is 23.9. The molecule has 0 saturated carbocycles. The van der Waals surface area contributed by atoms with Crippen LogP contribution in [0.15, 0.2) is 30.3 Å². The highest BCUT2D eigenvalue weighted by Crippen LogP contribution is 2.34. The summed E-state index contributed by atoms with van der Waals surface area (Å²) in [4.78, 5) is 0. The van der Waals surface area contributed by atoms with Crippen LogP contribution in [-0.4, -0.2) is 62.3 Å². The van der Waals surface area contributed by atoms with Crippen LogP contribution in [0.4, 0.5) is 4.39 Å². The number of ether oxygens (including phenoxy) is 2. The third kappa shape index (κ3) is 5.18. The molecule has 0 aromatic heterocycles. The van der Waals surface area contributed by atoms with Gasteiger partial charge in [-0.3, -0.25) is 0 Å². The SMILES string of the molecule is Cc1ccc(Cc2c(Cl)cc(CO)cc2O[C@@H]2O[C@H](C(C)O)[C@@H](O)[C@H](O)[C@H]2O)cc1F. The van der Waals surface area contributed by atoms with Gasteiger partial charge in [-0.1, -0.05) is 23.7 Å². The minimum Gasteiger partial charge on any atom is -0.462 e. The predicted octanol–water partition coefficient (Wildman–Crippen LogP) is 1.44. The van der Waals surface area contributed by atoms with Gasteiger partial charge < -0.3 is 35.0 Å². The van der Waals surface area contributed by atoms with Crippen molar-refractivity contribution in [1.82, 2.24) is 0 Å². The Kier molecular flexibility index (Phi) is 7.54. The predicted molar refractivity (Wildman–Crippen MR) is 110 cm³/mol. The van der Waals surface area contributed by atoms with Gasteiger partial charge in [-0.15, -0.1) is 0 Å². The van der Waals surface area contributed by atoms with Gasteiger partial charge in [0.25, 0.3) is 0 Å². The largest absolute Gasteiger partial charge is 0.462 e. The lowest BCUT2D eigenvalue weighted by Crippen LogP contribution is -2.61. The number of rotatable bonds is 6. The average Bonchev–Trinajstić information content (AvgIpc) is 2.72. The molecule has 0 amide bonds. The molecule has 31 heavy (non-hydrogen) atoms. The van der Waals surface area contributed by atoms with Crippen molar-refractivity contribution in [3.05, 3.63) is 63.4 Å². The van der Waals surface area contributed by atoms with Crippen LogP contribution in [0, 0.1) is 12.7 Å². The molecule has 1 aliphatic heterocycles. The summed E-state index contributed by atoms with van der Waals surface area (Å²) in [6, 6.07) is 7.80. The molecule has 1 saturated heterocycles. The zero-order chi connectivity index (χ0) is 22.9. The first-order valence-electron chi connectivity index (χ1n) is 9.84. The van der Waals surface area contributed by atoms with E-state index in [1.807, 2.05) is 0 Å². The average molecular weight is 457 g/mol. The lowest BCUT2D eigenvalue weighted by Gasteiger charge is -2.41. The Bertz CT molecular complexity index is 923. The maximum Gasteiger partial charge on any atom is 0.229 e. The van der Waals surface area contributed by atoms with Gasteiger partial charge in [0.05, 0.1) is 12.7 Å². The van der Waals surface area contributed by atoms with Crippen molar-refractivity contribution in [3.63, 3.8) is 0 Å². The Hall–Kier alpha value is -1.78. The van der Waals surface area contributed by atoms with E-state index in [0.29, 0.717) is 22.3 Å². The molecular formula is C22H26ClFO7. The minimum absolute atomic E-state index is 0.148. The number of hydrogen-bond donors (Lipinski definition) is 5. The molecule has 2 aromatic carbocycles. The maximum atomic E-state index is 14.0. The smallest absolute Gasteiger partial charge is 0.229 e. The molecule has 1 aliphatic rings. The fourth-order valence-corrected chi connectivity index (χ4v) is 3.78. The van der Waals surface area contributed by atoms with E-state index >= 15 is 0 Å². The Balaban J connectivity index is 1.95. The van der Waals surface area contributed by atoms with Gasteiger partial charge >= 0.3 is 0 Å². The molecule has 7 nitrogen and oxygen atoms in total. The summed E-state index contributed by atoms with van der Waals surface area (Å²) in [5.41, 5.74) is 2.00. The van der Waals surface area contributed by atoms with Crippen LogP contribution in [0.3, 0.4) is 0 Å². The molecule has 6 atom stereocenters. The molecule has 0 aliphatic carbocycles. The van der Waals surface area contributed by atoms with E-state index in [4.69, 9.17) is 21.1 Å². The van der Waals surface area contributed by atoms with Crippen LogP contribution in [-0.2, 0) is 17.8 Å². The molecule has 1 fully saturated rings. The molecule has 0 spiro atoms. The summed E-state index contributed by atoms with van der Waals surface area (Å²) in [7, 11) is 0. The van der Waals surface area contributed by atoms with Gasteiger partial charge in [0.15, 0.2) is 0 Å². The third-order valence-electron chi connectivity index (χ3n) is 5.34. The summed E-state index contributed by atoms with van der Waals surface area (Å²) in [5.74, 6) is -0.222. The molecule has 170 valence electrons. The highest BCUT2D eigenvalue weighted by atomic mass is 35.5. The lowest BCUT2D eigenvalue weighted by molar-refractivity contribution is -0.286. The highest BCUT2D eigenvalue weighted by molar-refractivity contribution is 6.31. The summed E-state index contributed by atoms with van der Waals surface area (Å²) in [5, 5.41) is 50.2. The standard InChI is InChI=1S/C22H26ClFO7/c1-10-3-4-12(7-16(10)24)5-14-15(23)6-13(9-25)8-17(14)30-22-20(29)18(27)19(28)21(31-22)11(2)26/h3-4,6-8,11,18-22,25-29H,5,9H2,1-2H3/t11?,18-,19-,20+,21+,22+/m0/s1. The van der Waals surface area contributed by atoms with Crippen LogP contribution in [0.1, 0.15) is 29.2 Å². The summed E-state index contributed by atoms with van der Waals surface area (Å²) >= 11 is 6.40. The van der Waals surface area contributed by atoms with Gasteiger partial charge in [0.2, 0.25) is 6.29 Å². The Morgan fingerprint density at radius 1 is 1.10 bits per heavy atom. The highest BCUT2D eigenvalue weighted by Gasteiger charge is 2.46. The number of halogens is 2. The van der Waals surface area contributed by atoms with Crippen molar-refractivity contribution in [2.45, 2.75) is 63.7 Å². The first-order valence-corrected chi connectivity index (χ1v) is 10.2. The molecule has 0 bridgehead atoms. The van der Waals surface area contributed by atoms with Gasteiger partial charge in [-0.2, -0.15) is 0 Å². The number of aliphatic hydroxyl groups excluding tert-OH is 5. The summed E-state index contributed by atoms with van der Waals surface area (Å²) < 4.78 is 25.3. The normalized spacial score (nSPS) is 27.2. The topological polar surface area (TPSA) is 120 Å². The van der Waals surface area contributed by atoms with Crippen LogP contribution in [0.25, 0.3) is 0 Å². The van der Waals surface area contributed by atoms with E-state index in [9.17, 15) is 29.9 Å². The zero-order valence-electron chi connectivity index (χ0n) is 17.1. The Morgan fingerprint density at radius 3 is 2.42 bits per heavy atom. The molecule has 5 N–H and O–H groups in total. The molecule has 0 radical (unpaired) electrons. The molecule has 9 heteroatoms. The van der Waals surface area contributed by atoms with E-state index < -0.39 is 36.8 Å². The van der Waals surface area contributed by atoms with E-state index in [1.165, 1.54) is 19.1 Å². The van der Waals surface area contributed by atoms with Crippen molar-refractivity contribution in [2.75, 3.05) is 0 Å². The fourth-order valence-electron chi connectivity index (χ4n) is 3.48. The van der Waals surface area contributed by atoms with Crippen LogP contribution < -0.4 is 4.74 Å². The second-order valence-corrected chi connectivity index (χ2v) is 8.18. The third-order valence-corrected chi connectivity index (χ3v) is 5.68. The molecule has 2 aromatic rings. The van der Waals surface area contributed by atoms with Crippen LogP contribution >= 0.6 is 11.6 Å². The number of aliphatic hydroxyl groups is 5. The van der Waals surface area contributed by atoms with Crippen LogP contribution in [0.5, 0.6) is 5.75 Å². The second kappa shape index (κ2) is 9.79. The second-order valence-electron chi connectivity index (χ2n) is 7.77. The first-order chi connectivity index (χ1) is 14.6. The van der Waals surface area contributed by atoms with Crippen molar-refractivity contribution in [1.29, 1.82) is 0 Å². The molecule has 1 unspecified atom stereocenters. The van der Waals surface area contributed by atoms with Gasteiger partial charge in [0.1, 0.15) is 36.0 Å². The van der Waals surface area contributed by atoms with E-state index in [0.717, 1.165) is 0 Å². The van der Waals surface area contributed by atoms with Crippen molar-refractivity contribution < 1.29 is 39.4 Å². The number of aryl methyl sites for hydroxylation is 1. The quantitative estimate of drug-likeness (QED) is 0.446. The van der Waals surface area contributed by atoms with Crippen LogP contribution in [0.2, 0.25) is 5.02 Å².